The Morgan fingerprint density at radius 2 is 1.87 bits per heavy atom. The Hall–Kier alpha value is -2.57. The van der Waals surface area contributed by atoms with E-state index < -0.39 is 17.5 Å². The minimum Gasteiger partial charge on any atom is -0.366 e. The van der Waals surface area contributed by atoms with E-state index in [1.165, 1.54) is 18.9 Å². The third-order valence-electron chi connectivity index (χ3n) is 3.78. The second-order valence-electron chi connectivity index (χ2n) is 5.51. The normalized spacial score (nSPS) is 14.7. The van der Waals surface area contributed by atoms with Crippen LogP contribution in [0.2, 0.25) is 0 Å². The number of aromatic nitrogens is 2. The number of nitrogens with one attached hydrogen (secondary N) is 2. The molecule has 5 nitrogen and oxygen atoms in total. The Kier molecular flexibility index (Phi) is 4.45. The summed E-state index contributed by atoms with van der Waals surface area (Å²) in [5.41, 5.74) is -0.0444. The van der Waals surface area contributed by atoms with Gasteiger partial charge < -0.3 is 10.6 Å². The lowest BCUT2D eigenvalue weighted by Crippen LogP contribution is -2.18. The van der Waals surface area contributed by atoms with Gasteiger partial charge in [-0.3, -0.25) is 4.79 Å². The third kappa shape index (κ3) is 3.80. The molecule has 1 aromatic carbocycles. The van der Waals surface area contributed by atoms with Crippen LogP contribution in [0.1, 0.15) is 36.2 Å². The molecule has 23 heavy (non-hydrogen) atoms. The van der Waals surface area contributed by atoms with Crippen molar-refractivity contribution in [2.24, 2.45) is 0 Å². The summed E-state index contributed by atoms with van der Waals surface area (Å²) in [6.07, 6.45) is 4.62. The van der Waals surface area contributed by atoms with Crippen molar-refractivity contribution in [1.82, 2.24) is 10.2 Å². The number of benzene rings is 1. The van der Waals surface area contributed by atoms with Crippen molar-refractivity contribution in [2.45, 2.75) is 31.7 Å². The Bertz CT molecular complexity index is 700. The molecular weight excluding hydrogens is 302 g/mol. The van der Waals surface area contributed by atoms with Crippen molar-refractivity contribution in [1.29, 1.82) is 0 Å². The lowest BCUT2D eigenvalue weighted by atomic mass is 10.2. The first-order valence-electron chi connectivity index (χ1n) is 7.48. The lowest BCUT2D eigenvalue weighted by molar-refractivity contribution is 0.102. The SMILES string of the molecule is O=C(Nc1ccc(F)cc1F)c1ccc(NC2CCCC2)nn1. The number of anilines is 2. The van der Waals surface area contributed by atoms with Gasteiger partial charge in [-0.2, -0.15) is 0 Å². The molecule has 0 atom stereocenters. The maximum atomic E-state index is 13.5. The monoisotopic (exact) mass is 318 g/mol. The van der Waals surface area contributed by atoms with Crippen LogP contribution in [0.15, 0.2) is 30.3 Å². The van der Waals surface area contributed by atoms with Crippen LogP contribution >= 0.6 is 0 Å². The van der Waals surface area contributed by atoms with Crippen molar-refractivity contribution in [2.75, 3.05) is 10.6 Å². The Balaban J connectivity index is 1.65. The maximum absolute atomic E-state index is 13.5. The molecule has 1 aliphatic rings. The molecule has 1 saturated carbocycles. The summed E-state index contributed by atoms with van der Waals surface area (Å²) < 4.78 is 26.4. The molecule has 1 aromatic heterocycles. The molecule has 0 saturated heterocycles. The molecule has 120 valence electrons. The van der Waals surface area contributed by atoms with Crippen molar-refractivity contribution >= 4 is 17.4 Å². The summed E-state index contributed by atoms with van der Waals surface area (Å²) in [5, 5.41) is 13.4. The second-order valence-corrected chi connectivity index (χ2v) is 5.51. The fourth-order valence-electron chi connectivity index (χ4n) is 2.59. The highest BCUT2D eigenvalue weighted by molar-refractivity contribution is 6.02. The number of rotatable bonds is 4. The van der Waals surface area contributed by atoms with E-state index in [2.05, 4.69) is 20.8 Å². The number of carbonyl (C=O) groups excluding carboxylic acids is 1. The molecule has 0 radical (unpaired) electrons. The second kappa shape index (κ2) is 6.68. The predicted octanol–water partition coefficient (Wildman–Crippen LogP) is 3.36. The van der Waals surface area contributed by atoms with Gasteiger partial charge in [0.25, 0.3) is 5.91 Å². The third-order valence-corrected chi connectivity index (χ3v) is 3.78. The summed E-state index contributed by atoms with van der Waals surface area (Å²) in [6, 6.07) is 6.51. The minimum atomic E-state index is -0.842. The van der Waals surface area contributed by atoms with Crippen LogP contribution in [0, 0.1) is 11.6 Å². The predicted molar refractivity (Wildman–Crippen MR) is 82.2 cm³/mol. The van der Waals surface area contributed by atoms with Gasteiger partial charge >= 0.3 is 0 Å². The van der Waals surface area contributed by atoms with Crippen LogP contribution < -0.4 is 10.6 Å². The standard InChI is InChI=1S/C16H16F2N4O/c17-10-5-6-13(12(18)9-10)20-16(23)14-7-8-15(22-21-14)19-11-3-1-2-4-11/h5-9,11H,1-4H2,(H,19,22)(H,20,23). The van der Waals surface area contributed by atoms with Gasteiger partial charge in [-0.25, -0.2) is 8.78 Å². The van der Waals surface area contributed by atoms with Gasteiger partial charge in [-0.15, -0.1) is 10.2 Å². The quantitative estimate of drug-likeness (QED) is 0.907. The average molecular weight is 318 g/mol. The van der Waals surface area contributed by atoms with Gasteiger partial charge in [0.1, 0.15) is 17.5 Å². The maximum Gasteiger partial charge on any atom is 0.276 e. The number of hydrogen-bond acceptors (Lipinski definition) is 4. The molecule has 0 aliphatic heterocycles. The van der Waals surface area contributed by atoms with E-state index in [-0.39, 0.29) is 11.4 Å². The first kappa shape index (κ1) is 15.3. The van der Waals surface area contributed by atoms with Crippen molar-refractivity contribution in [3.05, 3.63) is 47.7 Å². The first-order valence-corrected chi connectivity index (χ1v) is 7.48. The highest BCUT2D eigenvalue weighted by Crippen LogP contribution is 2.21. The van der Waals surface area contributed by atoms with Crippen LogP contribution in [0.3, 0.4) is 0 Å². The number of carbonyl (C=O) groups is 1. The highest BCUT2D eigenvalue weighted by atomic mass is 19.1. The van der Waals surface area contributed by atoms with E-state index in [9.17, 15) is 13.6 Å². The van der Waals surface area contributed by atoms with E-state index >= 15 is 0 Å². The molecule has 1 heterocycles. The zero-order valence-electron chi connectivity index (χ0n) is 12.4. The van der Waals surface area contributed by atoms with Crippen LogP contribution in [-0.2, 0) is 0 Å². The van der Waals surface area contributed by atoms with Gasteiger partial charge in [-0.1, -0.05) is 12.8 Å². The molecule has 2 N–H and O–H groups in total. The van der Waals surface area contributed by atoms with Crippen molar-refractivity contribution < 1.29 is 13.6 Å². The highest BCUT2D eigenvalue weighted by Gasteiger charge is 2.16. The number of amides is 1. The average Bonchev–Trinajstić information content (AvgIpc) is 3.04. The van der Waals surface area contributed by atoms with Gasteiger partial charge in [0.2, 0.25) is 0 Å². The summed E-state index contributed by atoms with van der Waals surface area (Å²) in [6.45, 7) is 0. The summed E-state index contributed by atoms with van der Waals surface area (Å²) in [4.78, 5) is 12.0. The van der Waals surface area contributed by atoms with E-state index in [0.29, 0.717) is 17.9 Å². The topological polar surface area (TPSA) is 66.9 Å². The van der Waals surface area contributed by atoms with Gasteiger partial charge in [0.05, 0.1) is 5.69 Å². The van der Waals surface area contributed by atoms with Crippen LogP contribution in [0.4, 0.5) is 20.3 Å². The van der Waals surface area contributed by atoms with Gasteiger partial charge in [-0.05, 0) is 37.1 Å². The number of hydrogen-bond donors (Lipinski definition) is 2. The lowest BCUT2D eigenvalue weighted by Gasteiger charge is -2.12. The molecule has 1 fully saturated rings. The van der Waals surface area contributed by atoms with E-state index in [1.54, 1.807) is 6.07 Å². The minimum absolute atomic E-state index is 0.0608. The fourth-order valence-corrected chi connectivity index (χ4v) is 2.59. The van der Waals surface area contributed by atoms with E-state index in [0.717, 1.165) is 25.0 Å². The number of nitrogens with zero attached hydrogens (tertiary/aromatic N) is 2. The fraction of sp³-hybridized carbons (Fsp3) is 0.312. The molecule has 0 bridgehead atoms. The molecule has 3 rings (SSSR count). The van der Waals surface area contributed by atoms with Crippen LogP contribution in [0.5, 0.6) is 0 Å². The largest absolute Gasteiger partial charge is 0.366 e. The van der Waals surface area contributed by atoms with E-state index in [1.807, 2.05) is 0 Å². The van der Waals surface area contributed by atoms with Gasteiger partial charge in [0.15, 0.2) is 5.69 Å². The summed E-state index contributed by atoms with van der Waals surface area (Å²) >= 11 is 0. The zero-order valence-corrected chi connectivity index (χ0v) is 12.4. The smallest absolute Gasteiger partial charge is 0.276 e. The molecule has 0 unspecified atom stereocenters. The Morgan fingerprint density at radius 3 is 2.52 bits per heavy atom. The Labute approximate surface area is 132 Å². The molecule has 1 aliphatic carbocycles. The van der Waals surface area contributed by atoms with Crippen LogP contribution in [-0.4, -0.2) is 22.1 Å². The molecule has 2 aromatic rings. The molecular formula is C16H16F2N4O. The van der Waals surface area contributed by atoms with Crippen molar-refractivity contribution in [3.8, 4) is 0 Å². The summed E-state index contributed by atoms with van der Waals surface area (Å²) in [7, 11) is 0. The molecule has 7 heteroatoms. The molecule has 0 spiro atoms. The Morgan fingerprint density at radius 1 is 1.09 bits per heavy atom. The molecule has 1 amide bonds. The zero-order chi connectivity index (χ0) is 16.2. The number of halogens is 2. The van der Waals surface area contributed by atoms with Crippen LogP contribution in [0.25, 0.3) is 0 Å². The van der Waals surface area contributed by atoms with E-state index in [4.69, 9.17) is 0 Å². The summed E-state index contributed by atoms with van der Waals surface area (Å²) in [5.74, 6) is -1.54. The van der Waals surface area contributed by atoms with Gasteiger partial charge in [0, 0.05) is 12.1 Å². The van der Waals surface area contributed by atoms with Crippen molar-refractivity contribution in [3.63, 3.8) is 0 Å². The first-order chi connectivity index (χ1) is 11.1.